The van der Waals surface area contributed by atoms with E-state index in [1.165, 1.54) is 12.1 Å². The van der Waals surface area contributed by atoms with Gasteiger partial charge in [0.05, 0.1) is 4.92 Å². The lowest BCUT2D eigenvalue weighted by molar-refractivity contribution is -0.385. The van der Waals surface area contributed by atoms with Gasteiger partial charge in [-0.3, -0.25) is 20.5 Å². The van der Waals surface area contributed by atoms with E-state index < -0.39 is 4.92 Å². The van der Waals surface area contributed by atoms with Crippen LogP contribution < -0.4 is 11.2 Å². The van der Waals surface area contributed by atoms with Crippen molar-refractivity contribution in [3.63, 3.8) is 0 Å². The van der Waals surface area contributed by atoms with Crippen molar-refractivity contribution in [2.24, 2.45) is 10.8 Å². The van der Waals surface area contributed by atoms with E-state index in [1.807, 2.05) is 0 Å². The predicted molar refractivity (Wildman–Crippen MR) is 69.5 cm³/mol. The molecule has 19 heavy (non-hydrogen) atoms. The van der Waals surface area contributed by atoms with Crippen molar-refractivity contribution < 1.29 is 4.92 Å². The first kappa shape index (κ1) is 12.4. The van der Waals surface area contributed by atoms with Crippen molar-refractivity contribution in [1.29, 1.82) is 0 Å². The lowest BCUT2D eigenvalue weighted by Gasteiger charge is -2.01. The van der Waals surface area contributed by atoms with Crippen molar-refractivity contribution in [3.05, 3.63) is 58.5 Å². The molecule has 0 aliphatic heterocycles. The Balaban J connectivity index is 2.08. The summed E-state index contributed by atoms with van der Waals surface area (Å²) in [6.07, 6.45) is 2.73. The van der Waals surface area contributed by atoms with Gasteiger partial charge in [-0.05, 0) is 18.2 Å². The number of hydrazone groups is 1. The zero-order chi connectivity index (χ0) is 13.7. The topological polar surface area (TPSA) is 119 Å². The molecule has 0 amide bonds. The molecule has 2 rings (SSSR count). The third-order valence-electron chi connectivity index (χ3n) is 2.18. The molecule has 0 aliphatic carbocycles. The van der Waals surface area contributed by atoms with Crippen LogP contribution in [0.25, 0.3) is 0 Å². The molecular weight excluding hydrogens is 248 g/mol. The Morgan fingerprint density at radius 3 is 2.74 bits per heavy atom. The smallest absolute Gasteiger partial charge is 0.287 e. The minimum Gasteiger partial charge on any atom is -0.380 e. The van der Waals surface area contributed by atoms with Gasteiger partial charge in [-0.25, -0.2) is 4.98 Å². The fourth-order valence-electron chi connectivity index (χ4n) is 1.25. The number of aromatic nitrogens is 2. The number of nitrogens with two attached hydrogens (primary N) is 1. The molecule has 96 valence electrons. The van der Waals surface area contributed by atoms with E-state index in [0.29, 0.717) is 11.5 Å². The fraction of sp³-hybridized carbons (Fsp3) is 0. The minimum absolute atomic E-state index is 0.0905. The average molecular weight is 258 g/mol. The molecule has 2 aromatic heterocycles. The van der Waals surface area contributed by atoms with Crippen molar-refractivity contribution in [3.8, 4) is 0 Å². The fourth-order valence-corrected chi connectivity index (χ4v) is 1.25. The molecule has 0 aromatic carbocycles. The van der Waals surface area contributed by atoms with Crippen LogP contribution in [0.4, 0.5) is 11.5 Å². The van der Waals surface area contributed by atoms with Crippen molar-refractivity contribution in [2.45, 2.75) is 0 Å². The molecule has 0 atom stereocenters. The average Bonchev–Trinajstić information content (AvgIpc) is 2.46. The summed E-state index contributed by atoms with van der Waals surface area (Å²) in [6.45, 7) is 0. The number of hydrogen-bond acceptors (Lipinski definition) is 6. The number of amidine groups is 1. The quantitative estimate of drug-likeness (QED) is 0.367. The van der Waals surface area contributed by atoms with Crippen molar-refractivity contribution in [1.82, 2.24) is 9.97 Å². The normalized spacial score (nSPS) is 11.1. The number of anilines is 1. The second-order valence-corrected chi connectivity index (χ2v) is 3.48. The Hall–Kier alpha value is -3.03. The van der Waals surface area contributed by atoms with Gasteiger partial charge < -0.3 is 5.73 Å². The van der Waals surface area contributed by atoms with Crippen LogP contribution in [-0.2, 0) is 0 Å². The molecule has 2 heterocycles. The Labute approximate surface area is 108 Å². The third kappa shape index (κ3) is 3.22. The van der Waals surface area contributed by atoms with Crippen LogP contribution in [0.15, 0.2) is 47.8 Å². The summed E-state index contributed by atoms with van der Waals surface area (Å²) in [6, 6.07) is 8.02. The van der Waals surface area contributed by atoms with Crippen LogP contribution in [0.5, 0.6) is 0 Å². The van der Waals surface area contributed by atoms with Crippen LogP contribution in [0.3, 0.4) is 0 Å². The molecule has 8 heteroatoms. The Morgan fingerprint density at radius 1 is 1.32 bits per heavy atom. The summed E-state index contributed by atoms with van der Waals surface area (Å²) in [5, 5.41) is 14.3. The summed E-state index contributed by atoms with van der Waals surface area (Å²) in [5.41, 5.74) is 8.74. The van der Waals surface area contributed by atoms with Crippen LogP contribution in [-0.4, -0.2) is 20.7 Å². The number of nitro groups is 1. The van der Waals surface area contributed by atoms with E-state index in [9.17, 15) is 10.1 Å². The van der Waals surface area contributed by atoms with Gasteiger partial charge in [0.1, 0.15) is 17.7 Å². The van der Waals surface area contributed by atoms with E-state index in [2.05, 4.69) is 20.5 Å². The van der Waals surface area contributed by atoms with Crippen LogP contribution in [0, 0.1) is 10.1 Å². The molecule has 0 aliphatic rings. The molecule has 0 saturated carbocycles. The zero-order valence-electron chi connectivity index (χ0n) is 9.72. The summed E-state index contributed by atoms with van der Waals surface area (Å²) < 4.78 is 0. The Bertz CT molecular complexity index is 596. The summed E-state index contributed by atoms with van der Waals surface area (Å²) in [4.78, 5) is 17.8. The first-order valence-corrected chi connectivity index (χ1v) is 5.28. The highest BCUT2D eigenvalue weighted by atomic mass is 16.6. The Morgan fingerprint density at radius 2 is 2.16 bits per heavy atom. The number of nitrogens with zero attached hydrogens (tertiary/aromatic N) is 4. The third-order valence-corrected chi connectivity index (χ3v) is 2.18. The van der Waals surface area contributed by atoms with Crippen LogP contribution >= 0.6 is 0 Å². The van der Waals surface area contributed by atoms with Gasteiger partial charge in [0, 0.05) is 12.3 Å². The van der Waals surface area contributed by atoms with Crippen molar-refractivity contribution in [2.75, 3.05) is 5.43 Å². The Kier molecular flexibility index (Phi) is 3.62. The number of nitrogens with one attached hydrogen (secondary N) is 1. The van der Waals surface area contributed by atoms with Crippen molar-refractivity contribution >= 4 is 17.3 Å². The van der Waals surface area contributed by atoms with Crippen LogP contribution in [0.1, 0.15) is 5.69 Å². The highest BCUT2D eigenvalue weighted by Crippen LogP contribution is 2.11. The van der Waals surface area contributed by atoms with E-state index in [4.69, 9.17) is 5.73 Å². The molecule has 0 unspecified atom stereocenters. The van der Waals surface area contributed by atoms with E-state index >= 15 is 0 Å². The standard InChI is InChI=1S/C11H10N6O2/c12-11(9-3-1-2-6-13-9)16-15-10-5-4-8(7-14-10)17(18)19/h1-7H,(H2,12,16)(H,14,15). The number of pyridine rings is 2. The molecule has 0 fully saturated rings. The second kappa shape index (κ2) is 5.54. The van der Waals surface area contributed by atoms with Gasteiger partial charge in [-0.15, -0.1) is 0 Å². The zero-order valence-corrected chi connectivity index (χ0v) is 9.72. The van der Waals surface area contributed by atoms with E-state index in [0.717, 1.165) is 6.20 Å². The lowest BCUT2D eigenvalue weighted by atomic mass is 10.3. The maximum Gasteiger partial charge on any atom is 0.287 e. The molecule has 8 nitrogen and oxygen atoms in total. The molecule has 3 N–H and O–H groups in total. The number of hydrogen-bond donors (Lipinski definition) is 2. The van der Waals surface area contributed by atoms with Gasteiger partial charge in [0.25, 0.3) is 5.69 Å². The van der Waals surface area contributed by atoms with Gasteiger partial charge in [0.2, 0.25) is 0 Å². The molecule has 0 bridgehead atoms. The van der Waals surface area contributed by atoms with Gasteiger partial charge in [-0.1, -0.05) is 6.07 Å². The second-order valence-electron chi connectivity index (χ2n) is 3.48. The molecule has 0 radical (unpaired) electrons. The van der Waals surface area contributed by atoms with E-state index in [-0.39, 0.29) is 11.5 Å². The lowest BCUT2D eigenvalue weighted by Crippen LogP contribution is -2.16. The predicted octanol–water partition coefficient (Wildman–Crippen LogP) is 1.12. The molecule has 2 aromatic rings. The van der Waals surface area contributed by atoms with Gasteiger partial charge >= 0.3 is 0 Å². The van der Waals surface area contributed by atoms with Gasteiger partial charge in [-0.2, -0.15) is 5.10 Å². The maximum absolute atomic E-state index is 10.5. The monoisotopic (exact) mass is 258 g/mol. The first-order chi connectivity index (χ1) is 9.16. The molecule has 0 saturated heterocycles. The van der Waals surface area contributed by atoms with E-state index in [1.54, 1.807) is 24.4 Å². The van der Waals surface area contributed by atoms with Gasteiger partial charge in [0.15, 0.2) is 5.84 Å². The minimum atomic E-state index is -0.525. The SMILES string of the molecule is N/C(=N\Nc1ccc([N+](=O)[O-])cn1)c1ccccn1. The summed E-state index contributed by atoms with van der Waals surface area (Å²) >= 11 is 0. The molecule has 0 spiro atoms. The van der Waals surface area contributed by atoms with Crippen LogP contribution in [0.2, 0.25) is 0 Å². The highest BCUT2D eigenvalue weighted by Gasteiger charge is 2.05. The summed E-state index contributed by atoms with van der Waals surface area (Å²) in [7, 11) is 0. The molecular formula is C11H10N6O2. The largest absolute Gasteiger partial charge is 0.380 e. The maximum atomic E-state index is 10.5. The summed E-state index contributed by atoms with van der Waals surface area (Å²) in [5.74, 6) is 0.547. The number of rotatable bonds is 4. The first-order valence-electron chi connectivity index (χ1n) is 5.28. The highest BCUT2D eigenvalue weighted by molar-refractivity contribution is 5.95.